The second-order valence-electron chi connectivity index (χ2n) is 7.90. The zero-order valence-electron chi connectivity index (χ0n) is 17.3. The van der Waals surface area contributed by atoms with Gasteiger partial charge in [-0.1, -0.05) is 90.4 Å². The Morgan fingerprint density at radius 1 is 0.926 bits per heavy atom. The number of carboxylic acids is 1. The van der Waals surface area contributed by atoms with Gasteiger partial charge >= 0.3 is 0 Å². The zero-order chi connectivity index (χ0) is 19.8. The standard InChI is InChI=1S/C22H40N2O3/c1-2-3-4-5-6-7-8-9-10-11-12-13-14-15-16-21-23-17-18-24(21,20-25)19-22(26)27/h17-18,25H,2-16,19-20H2,1H3. The number of rotatable bonds is 18. The minimum atomic E-state index is -1.16. The number of aliphatic hydroxyl groups is 1. The lowest BCUT2D eigenvalue weighted by Crippen LogP contribution is -2.53. The van der Waals surface area contributed by atoms with Crippen molar-refractivity contribution < 1.29 is 19.5 Å². The maximum Gasteiger partial charge on any atom is 0.209 e. The molecule has 1 rings (SSSR count). The largest absolute Gasteiger partial charge is 0.544 e. The predicted molar refractivity (Wildman–Crippen MR) is 109 cm³/mol. The zero-order valence-corrected chi connectivity index (χ0v) is 17.3. The van der Waals surface area contributed by atoms with Crippen molar-refractivity contribution in [1.29, 1.82) is 0 Å². The van der Waals surface area contributed by atoms with Gasteiger partial charge in [-0.2, -0.15) is 0 Å². The summed E-state index contributed by atoms with van der Waals surface area (Å²) in [4.78, 5) is 15.2. The summed E-state index contributed by atoms with van der Waals surface area (Å²) < 4.78 is -0.0965. The van der Waals surface area contributed by atoms with Crippen molar-refractivity contribution in [2.75, 3.05) is 13.3 Å². The number of aliphatic carboxylic acids is 1. The predicted octanol–water partition coefficient (Wildman–Crippen LogP) is 4.26. The second-order valence-corrected chi connectivity index (χ2v) is 7.90. The molecule has 1 N–H and O–H groups in total. The summed E-state index contributed by atoms with van der Waals surface area (Å²) >= 11 is 0. The molecule has 0 spiro atoms. The van der Waals surface area contributed by atoms with E-state index in [-0.39, 0.29) is 17.8 Å². The van der Waals surface area contributed by atoms with Gasteiger partial charge in [0, 0.05) is 6.42 Å². The molecule has 1 aliphatic rings. The van der Waals surface area contributed by atoms with Crippen LogP contribution >= 0.6 is 0 Å². The van der Waals surface area contributed by atoms with E-state index in [1.165, 1.54) is 77.0 Å². The number of aliphatic hydroxyl groups excluding tert-OH is 1. The normalized spacial score (nSPS) is 18.8. The lowest BCUT2D eigenvalue weighted by molar-refractivity contribution is -0.804. The van der Waals surface area contributed by atoms with Crippen LogP contribution in [0, 0.1) is 0 Å². The van der Waals surface area contributed by atoms with Crippen LogP contribution in [0.25, 0.3) is 0 Å². The van der Waals surface area contributed by atoms with Crippen LogP contribution in [0.3, 0.4) is 0 Å². The summed E-state index contributed by atoms with van der Waals surface area (Å²) in [6, 6.07) is 0. The number of carboxylic acid groups (broad SMARTS) is 1. The van der Waals surface area contributed by atoms with Gasteiger partial charge in [0.25, 0.3) is 0 Å². The Balaban J connectivity index is 1.96. The van der Waals surface area contributed by atoms with E-state index in [1.807, 2.05) is 0 Å². The van der Waals surface area contributed by atoms with Crippen molar-refractivity contribution in [2.24, 2.45) is 4.99 Å². The average molecular weight is 381 g/mol. The third-order valence-corrected chi connectivity index (χ3v) is 5.51. The number of carbonyl (C=O) groups is 1. The van der Waals surface area contributed by atoms with E-state index >= 15 is 0 Å². The fraction of sp³-hybridized carbons (Fsp3) is 0.818. The van der Waals surface area contributed by atoms with Gasteiger partial charge in [-0.05, 0) is 6.42 Å². The first-order chi connectivity index (χ1) is 13.1. The topological polar surface area (TPSA) is 72.7 Å². The molecule has 5 heteroatoms. The summed E-state index contributed by atoms with van der Waals surface area (Å²) in [5, 5.41) is 20.5. The van der Waals surface area contributed by atoms with Gasteiger partial charge in [-0.3, -0.25) is 0 Å². The maximum absolute atomic E-state index is 10.9. The number of nitrogens with zero attached hydrogens (tertiary/aromatic N) is 2. The number of hydrogen-bond acceptors (Lipinski definition) is 4. The highest BCUT2D eigenvalue weighted by Gasteiger charge is 2.34. The van der Waals surface area contributed by atoms with Crippen LogP contribution in [0.2, 0.25) is 0 Å². The van der Waals surface area contributed by atoms with E-state index in [0.717, 1.165) is 25.1 Å². The Morgan fingerprint density at radius 2 is 1.41 bits per heavy atom. The van der Waals surface area contributed by atoms with Gasteiger partial charge in [0.1, 0.15) is 12.7 Å². The molecule has 156 valence electrons. The highest BCUT2D eigenvalue weighted by Crippen LogP contribution is 2.20. The number of amidine groups is 1. The molecule has 0 aromatic carbocycles. The Hall–Kier alpha value is -1.20. The monoisotopic (exact) mass is 380 g/mol. The Labute approximate surface area is 165 Å². The summed E-state index contributed by atoms with van der Waals surface area (Å²) in [6.07, 6.45) is 22.4. The second kappa shape index (κ2) is 14.8. The van der Waals surface area contributed by atoms with Crippen molar-refractivity contribution in [1.82, 2.24) is 0 Å². The Kier molecular flexibility index (Phi) is 13.1. The van der Waals surface area contributed by atoms with Crippen LogP contribution in [0.15, 0.2) is 17.4 Å². The molecule has 1 atom stereocenters. The first kappa shape index (κ1) is 23.8. The quantitative estimate of drug-likeness (QED) is 0.285. The first-order valence-corrected chi connectivity index (χ1v) is 11.1. The molecule has 1 aliphatic heterocycles. The molecule has 0 bridgehead atoms. The van der Waals surface area contributed by atoms with E-state index < -0.39 is 5.97 Å². The highest BCUT2D eigenvalue weighted by atomic mass is 16.4. The van der Waals surface area contributed by atoms with E-state index in [2.05, 4.69) is 11.9 Å². The molecule has 1 unspecified atom stereocenters. The number of hydrogen-bond donors (Lipinski definition) is 1. The van der Waals surface area contributed by atoms with Crippen molar-refractivity contribution in [3.8, 4) is 0 Å². The van der Waals surface area contributed by atoms with E-state index in [1.54, 1.807) is 12.4 Å². The molecule has 0 fully saturated rings. The van der Waals surface area contributed by atoms with Crippen molar-refractivity contribution in [3.63, 3.8) is 0 Å². The molecule has 0 aromatic heterocycles. The highest BCUT2D eigenvalue weighted by molar-refractivity contribution is 5.80. The number of quaternary nitrogens is 1. The molecule has 27 heavy (non-hydrogen) atoms. The summed E-state index contributed by atoms with van der Waals surface area (Å²) in [7, 11) is 0. The van der Waals surface area contributed by atoms with E-state index in [9.17, 15) is 15.0 Å². The molecule has 0 saturated carbocycles. The minimum absolute atomic E-state index is 0.0965. The molecule has 1 heterocycles. The average Bonchev–Trinajstić information content (AvgIpc) is 3.04. The van der Waals surface area contributed by atoms with Crippen LogP contribution in [-0.2, 0) is 4.79 Å². The van der Waals surface area contributed by atoms with Gasteiger partial charge in [0.2, 0.25) is 5.84 Å². The van der Waals surface area contributed by atoms with E-state index in [0.29, 0.717) is 0 Å². The molecule has 0 aromatic rings. The molecule has 0 saturated heterocycles. The van der Waals surface area contributed by atoms with E-state index in [4.69, 9.17) is 0 Å². The molecule has 5 nitrogen and oxygen atoms in total. The summed E-state index contributed by atoms with van der Waals surface area (Å²) in [5.74, 6) is -0.426. The molecular weight excluding hydrogens is 340 g/mol. The van der Waals surface area contributed by atoms with Crippen LogP contribution in [0.4, 0.5) is 0 Å². The van der Waals surface area contributed by atoms with Crippen LogP contribution in [-0.4, -0.2) is 34.7 Å². The molecule has 0 aliphatic carbocycles. The van der Waals surface area contributed by atoms with Crippen molar-refractivity contribution in [2.45, 2.75) is 103 Å². The lowest BCUT2D eigenvalue weighted by Gasteiger charge is -2.30. The third-order valence-electron chi connectivity index (χ3n) is 5.51. The molecule has 0 radical (unpaired) electrons. The third kappa shape index (κ3) is 10.1. The van der Waals surface area contributed by atoms with Gasteiger partial charge in [0.05, 0.1) is 12.2 Å². The van der Waals surface area contributed by atoms with Crippen LogP contribution in [0.5, 0.6) is 0 Å². The number of unbranched alkanes of at least 4 members (excludes halogenated alkanes) is 13. The lowest BCUT2D eigenvalue weighted by atomic mass is 10.0. The van der Waals surface area contributed by atoms with Crippen LogP contribution < -0.4 is 5.11 Å². The van der Waals surface area contributed by atoms with Gasteiger partial charge < -0.3 is 15.0 Å². The smallest absolute Gasteiger partial charge is 0.209 e. The summed E-state index contributed by atoms with van der Waals surface area (Å²) in [5.41, 5.74) is 0. The molecule has 0 amide bonds. The van der Waals surface area contributed by atoms with Crippen molar-refractivity contribution >= 4 is 11.8 Å². The number of carbonyl (C=O) groups excluding carboxylic acids is 1. The van der Waals surface area contributed by atoms with Crippen LogP contribution in [0.1, 0.15) is 103 Å². The van der Waals surface area contributed by atoms with Gasteiger partial charge in [-0.15, -0.1) is 0 Å². The fourth-order valence-electron chi connectivity index (χ4n) is 3.77. The maximum atomic E-state index is 10.9. The Bertz CT molecular complexity index is 462. The molecular formula is C22H40N2O3. The first-order valence-electron chi connectivity index (χ1n) is 11.1. The SMILES string of the molecule is CCCCCCCCCCCCCCCCC1=NC=C[N+]1(CO)CC(=O)[O-]. The minimum Gasteiger partial charge on any atom is -0.544 e. The fourth-order valence-corrected chi connectivity index (χ4v) is 3.77. The Morgan fingerprint density at radius 3 is 1.85 bits per heavy atom. The van der Waals surface area contributed by atoms with Crippen molar-refractivity contribution in [3.05, 3.63) is 12.4 Å². The number of aliphatic imine (C=N–C) groups is 1. The van der Waals surface area contributed by atoms with Gasteiger partial charge in [-0.25, -0.2) is 9.48 Å². The summed E-state index contributed by atoms with van der Waals surface area (Å²) in [6.45, 7) is 1.74. The van der Waals surface area contributed by atoms with Gasteiger partial charge in [0.15, 0.2) is 6.73 Å².